The zero-order valence-corrected chi connectivity index (χ0v) is 24.0. The lowest BCUT2D eigenvalue weighted by Crippen LogP contribution is -2.14. The van der Waals surface area contributed by atoms with E-state index in [1.165, 1.54) is 6.92 Å². The van der Waals surface area contributed by atoms with Gasteiger partial charge in [-0.2, -0.15) is 0 Å². The first-order chi connectivity index (χ1) is 21.3. The van der Waals surface area contributed by atoms with E-state index in [9.17, 15) is 14.4 Å². The van der Waals surface area contributed by atoms with Gasteiger partial charge in [0, 0.05) is 45.7 Å². The molecule has 0 saturated carbocycles. The summed E-state index contributed by atoms with van der Waals surface area (Å²) >= 11 is 0. The van der Waals surface area contributed by atoms with Crippen molar-refractivity contribution in [2.75, 3.05) is 10.6 Å². The average molecular weight is 596 g/mol. The lowest BCUT2D eigenvalue weighted by molar-refractivity contribution is 0.101. The van der Waals surface area contributed by atoms with Gasteiger partial charge in [0.2, 0.25) is 0 Å². The number of hydrogen-bond donors (Lipinski definition) is 3. The zero-order chi connectivity index (χ0) is 31.1. The average Bonchev–Trinajstić information content (AvgIpc) is 3.04. The van der Waals surface area contributed by atoms with Crippen LogP contribution in [0.15, 0.2) is 128 Å². The first-order valence-electron chi connectivity index (χ1n) is 13.8. The molecule has 0 bridgehead atoms. The maximum Gasteiger partial charge on any atom is 0.257 e. The van der Waals surface area contributed by atoms with Gasteiger partial charge in [-0.05, 0) is 49.4 Å². The van der Waals surface area contributed by atoms with Crippen LogP contribution in [0.5, 0.6) is 0 Å². The summed E-state index contributed by atoms with van der Waals surface area (Å²) in [7, 11) is 0. The second kappa shape index (κ2) is 14.3. The predicted octanol–water partition coefficient (Wildman–Crippen LogP) is 7.74. The van der Waals surface area contributed by atoms with Crippen LogP contribution in [0.3, 0.4) is 0 Å². The number of benzene rings is 4. The zero-order valence-electron chi connectivity index (χ0n) is 24.0. The maximum atomic E-state index is 12.4. The third kappa shape index (κ3) is 7.82. The Kier molecular flexibility index (Phi) is 10.1. The van der Waals surface area contributed by atoms with Crippen molar-refractivity contribution in [2.24, 2.45) is 5.73 Å². The first-order valence-corrected chi connectivity index (χ1v) is 13.8. The van der Waals surface area contributed by atoms with Crippen molar-refractivity contribution in [1.82, 2.24) is 9.97 Å². The molecule has 8 heteroatoms. The Morgan fingerprint density at radius 1 is 0.644 bits per heavy atom. The van der Waals surface area contributed by atoms with E-state index < -0.39 is 0 Å². The number of aromatic nitrogens is 2. The fourth-order valence-electron chi connectivity index (χ4n) is 4.48. The van der Waals surface area contributed by atoms with Gasteiger partial charge in [-0.25, -0.2) is 0 Å². The number of para-hydroxylation sites is 3. The fourth-order valence-corrected chi connectivity index (χ4v) is 4.48. The molecule has 6 rings (SSSR count). The van der Waals surface area contributed by atoms with E-state index in [1.807, 2.05) is 72.8 Å². The van der Waals surface area contributed by atoms with Crippen molar-refractivity contribution in [1.29, 1.82) is 0 Å². The minimum Gasteiger partial charge on any atom is -0.399 e. The van der Waals surface area contributed by atoms with Crippen molar-refractivity contribution in [3.63, 3.8) is 0 Å². The Morgan fingerprint density at radius 2 is 1.18 bits per heavy atom. The van der Waals surface area contributed by atoms with Crippen LogP contribution in [-0.4, -0.2) is 27.6 Å². The standard InChI is InChI=1S/C18H15N3O.C18H14N2O2.CH4/c1-12(19)15-7-3-5-9-17(15)21-18(22)14-10-13-6-2-4-8-16(13)20-11-14;1-12(21)13-6-4-7-16(10-13)20-18(22)15-9-14-5-2-3-8-17(14)19-11-15;/h2-11H,1,19H2,(H,21,22);2-11H,1H3,(H,20,22);1H4. The fraction of sp³-hybridized carbons (Fsp3) is 0.0541. The number of pyridine rings is 2. The highest BCUT2D eigenvalue weighted by atomic mass is 16.2. The molecule has 2 aromatic heterocycles. The third-order valence-electron chi connectivity index (χ3n) is 6.75. The van der Waals surface area contributed by atoms with E-state index in [2.05, 4.69) is 27.2 Å². The smallest absolute Gasteiger partial charge is 0.257 e. The van der Waals surface area contributed by atoms with Gasteiger partial charge in [-0.3, -0.25) is 24.4 Å². The van der Waals surface area contributed by atoms with Crippen LogP contribution in [0.4, 0.5) is 11.4 Å². The minimum atomic E-state index is -0.251. The molecule has 8 nitrogen and oxygen atoms in total. The Hall–Kier alpha value is -6.15. The van der Waals surface area contributed by atoms with Crippen LogP contribution in [0.1, 0.15) is 51.0 Å². The normalized spacial score (nSPS) is 10.2. The topological polar surface area (TPSA) is 127 Å². The molecule has 0 unspecified atom stereocenters. The monoisotopic (exact) mass is 595 g/mol. The van der Waals surface area contributed by atoms with E-state index in [4.69, 9.17) is 5.73 Å². The Bertz CT molecular complexity index is 2040. The quantitative estimate of drug-likeness (QED) is 0.169. The number of amides is 2. The van der Waals surface area contributed by atoms with Gasteiger partial charge < -0.3 is 16.4 Å². The van der Waals surface area contributed by atoms with Crippen LogP contribution in [0, 0.1) is 0 Å². The van der Waals surface area contributed by atoms with Gasteiger partial charge in [0.1, 0.15) is 0 Å². The van der Waals surface area contributed by atoms with Gasteiger partial charge >= 0.3 is 0 Å². The highest BCUT2D eigenvalue weighted by Crippen LogP contribution is 2.21. The van der Waals surface area contributed by atoms with Crippen molar-refractivity contribution in [2.45, 2.75) is 14.4 Å². The first kappa shape index (κ1) is 31.8. The minimum absolute atomic E-state index is 0. The number of rotatable bonds is 6. The van der Waals surface area contributed by atoms with Gasteiger partial charge in [-0.15, -0.1) is 0 Å². The summed E-state index contributed by atoms with van der Waals surface area (Å²) in [6.45, 7) is 5.22. The molecular weight excluding hydrogens is 562 g/mol. The molecule has 0 atom stereocenters. The largest absolute Gasteiger partial charge is 0.399 e. The molecule has 224 valence electrons. The molecule has 45 heavy (non-hydrogen) atoms. The summed E-state index contributed by atoms with van der Waals surface area (Å²) in [5, 5.41) is 7.47. The summed E-state index contributed by atoms with van der Waals surface area (Å²) in [6.07, 6.45) is 3.12. The lowest BCUT2D eigenvalue weighted by atomic mass is 10.1. The number of hydrogen-bond acceptors (Lipinski definition) is 6. The third-order valence-corrected chi connectivity index (χ3v) is 6.75. The van der Waals surface area contributed by atoms with Crippen molar-refractivity contribution in [3.05, 3.63) is 150 Å². The van der Waals surface area contributed by atoms with Crippen LogP contribution in [-0.2, 0) is 0 Å². The number of ketones is 1. The predicted molar refractivity (Wildman–Crippen MR) is 182 cm³/mol. The van der Waals surface area contributed by atoms with Gasteiger partial charge in [0.25, 0.3) is 11.8 Å². The molecule has 0 aliphatic rings. The molecule has 0 spiro atoms. The molecule has 0 radical (unpaired) electrons. The van der Waals surface area contributed by atoms with Crippen molar-refractivity contribution in [3.8, 4) is 0 Å². The summed E-state index contributed by atoms with van der Waals surface area (Å²) in [5.41, 5.74) is 11.3. The summed E-state index contributed by atoms with van der Waals surface area (Å²) in [4.78, 5) is 44.7. The highest BCUT2D eigenvalue weighted by molar-refractivity contribution is 6.07. The van der Waals surface area contributed by atoms with Gasteiger partial charge in [0.05, 0.1) is 27.8 Å². The second-order valence-corrected chi connectivity index (χ2v) is 9.95. The number of carbonyl (C=O) groups is 3. The van der Waals surface area contributed by atoms with Crippen LogP contribution < -0.4 is 16.4 Å². The summed E-state index contributed by atoms with van der Waals surface area (Å²) in [5.74, 6) is -0.519. The number of anilines is 2. The molecule has 0 saturated heterocycles. The Labute approximate surface area is 261 Å². The number of nitrogens with one attached hydrogen (secondary N) is 2. The molecule has 2 amide bonds. The molecule has 4 N–H and O–H groups in total. The van der Waals surface area contributed by atoms with Crippen LogP contribution >= 0.6 is 0 Å². The SMILES string of the molecule is C.C=C(N)c1ccccc1NC(=O)c1cnc2ccccc2c1.CC(=O)c1cccc(NC(=O)c2cnc3ccccc3c2)c1. The van der Waals surface area contributed by atoms with E-state index >= 15 is 0 Å². The molecule has 0 aliphatic heterocycles. The molecular formula is C37H33N5O3. The van der Waals surface area contributed by atoms with E-state index in [0.717, 1.165) is 21.8 Å². The summed E-state index contributed by atoms with van der Waals surface area (Å²) in [6, 6.07) is 33.1. The molecule has 0 fully saturated rings. The van der Waals surface area contributed by atoms with E-state index in [-0.39, 0.29) is 25.0 Å². The number of carbonyl (C=O) groups excluding carboxylic acids is 3. The van der Waals surface area contributed by atoms with Gasteiger partial charge in [-0.1, -0.05) is 80.7 Å². The summed E-state index contributed by atoms with van der Waals surface area (Å²) < 4.78 is 0. The Balaban J connectivity index is 0.000000200. The van der Waals surface area contributed by atoms with E-state index in [1.54, 1.807) is 48.8 Å². The van der Waals surface area contributed by atoms with Crippen molar-refractivity contribution >= 4 is 56.5 Å². The van der Waals surface area contributed by atoms with E-state index in [0.29, 0.717) is 39.3 Å². The van der Waals surface area contributed by atoms with Gasteiger partial charge in [0.15, 0.2) is 5.78 Å². The molecule has 4 aromatic carbocycles. The molecule has 2 heterocycles. The van der Waals surface area contributed by atoms with Crippen LogP contribution in [0.25, 0.3) is 27.5 Å². The van der Waals surface area contributed by atoms with Crippen LogP contribution in [0.2, 0.25) is 0 Å². The molecule has 0 aliphatic carbocycles. The second-order valence-electron chi connectivity index (χ2n) is 9.95. The molecule has 6 aromatic rings. The lowest BCUT2D eigenvalue weighted by Gasteiger charge is -2.10. The number of nitrogens with zero attached hydrogens (tertiary/aromatic N) is 2. The Morgan fingerprint density at radius 3 is 1.76 bits per heavy atom. The number of fused-ring (bicyclic) bond motifs is 2. The number of nitrogens with two attached hydrogens (primary N) is 1. The van der Waals surface area contributed by atoms with Crippen molar-refractivity contribution < 1.29 is 14.4 Å². The highest BCUT2D eigenvalue weighted by Gasteiger charge is 2.11. The maximum absolute atomic E-state index is 12.4. The number of Topliss-reactive ketones (excluding diaryl/α,β-unsaturated/α-hetero) is 1.